The zero-order valence-electron chi connectivity index (χ0n) is 11.2. The summed E-state index contributed by atoms with van der Waals surface area (Å²) >= 11 is 3.33. The fraction of sp³-hybridized carbons (Fsp3) is 0.0667. The van der Waals surface area contributed by atoms with E-state index in [0.717, 1.165) is 20.6 Å². The molecular formula is C15H11BrFNO3S. The Labute approximate surface area is 135 Å². The second-order valence-electron chi connectivity index (χ2n) is 4.73. The first-order valence-electron chi connectivity index (χ1n) is 6.35. The summed E-state index contributed by atoms with van der Waals surface area (Å²) in [7, 11) is -3.86. The van der Waals surface area contributed by atoms with Gasteiger partial charge >= 0.3 is 0 Å². The van der Waals surface area contributed by atoms with Crippen LogP contribution in [0.3, 0.4) is 0 Å². The van der Waals surface area contributed by atoms with Crippen molar-refractivity contribution in [1.82, 2.24) is 3.97 Å². The van der Waals surface area contributed by atoms with E-state index in [4.69, 9.17) is 0 Å². The van der Waals surface area contributed by atoms with Crippen molar-refractivity contribution in [2.75, 3.05) is 0 Å². The molecule has 7 heteroatoms. The average molecular weight is 384 g/mol. The summed E-state index contributed by atoms with van der Waals surface area (Å²) in [6.07, 6.45) is 1.38. The van der Waals surface area contributed by atoms with Gasteiger partial charge in [0.15, 0.2) is 0 Å². The highest BCUT2D eigenvalue weighted by atomic mass is 79.9. The van der Waals surface area contributed by atoms with Gasteiger partial charge in [-0.1, -0.05) is 15.9 Å². The third-order valence-electron chi connectivity index (χ3n) is 3.36. The Kier molecular flexibility index (Phi) is 3.80. The predicted molar refractivity (Wildman–Crippen MR) is 84.5 cm³/mol. The Morgan fingerprint density at radius 1 is 1.14 bits per heavy atom. The van der Waals surface area contributed by atoms with Crippen molar-refractivity contribution in [1.29, 1.82) is 0 Å². The minimum absolute atomic E-state index is 0.0155. The van der Waals surface area contributed by atoms with Crippen LogP contribution in [0, 0.1) is 5.82 Å². The van der Waals surface area contributed by atoms with Gasteiger partial charge in [-0.15, -0.1) is 0 Å². The number of nitrogens with zero attached hydrogens (tertiary/aromatic N) is 1. The molecule has 0 radical (unpaired) electrons. The Morgan fingerprint density at radius 2 is 1.82 bits per heavy atom. The molecule has 3 aromatic rings. The first kappa shape index (κ1) is 15.2. The minimum atomic E-state index is -3.86. The fourth-order valence-corrected chi connectivity index (χ4v) is 4.04. The van der Waals surface area contributed by atoms with Crippen LogP contribution in [0.5, 0.6) is 0 Å². The SMILES string of the molecule is O=S(=O)(c1ccc(F)cc1)n1cc(CO)c2cc(Br)ccc21. The zero-order chi connectivity index (χ0) is 15.9. The number of hydrogen-bond donors (Lipinski definition) is 1. The molecule has 22 heavy (non-hydrogen) atoms. The van der Waals surface area contributed by atoms with Crippen LogP contribution in [0.1, 0.15) is 5.56 Å². The van der Waals surface area contributed by atoms with Crippen LogP contribution in [0.2, 0.25) is 0 Å². The molecule has 0 bridgehead atoms. The highest BCUT2D eigenvalue weighted by Gasteiger charge is 2.21. The van der Waals surface area contributed by atoms with Crippen molar-refractivity contribution < 1.29 is 17.9 Å². The molecule has 0 unspecified atom stereocenters. The maximum absolute atomic E-state index is 13.0. The van der Waals surface area contributed by atoms with Gasteiger partial charge in [0, 0.05) is 21.6 Å². The molecular weight excluding hydrogens is 373 g/mol. The molecule has 0 atom stereocenters. The van der Waals surface area contributed by atoms with Gasteiger partial charge in [-0.3, -0.25) is 0 Å². The van der Waals surface area contributed by atoms with Gasteiger partial charge in [0.1, 0.15) is 5.82 Å². The number of fused-ring (bicyclic) bond motifs is 1. The second kappa shape index (κ2) is 5.49. The lowest BCUT2D eigenvalue weighted by Crippen LogP contribution is -2.11. The molecule has 0 fully saturated rings. The largest absolute Gasteiger partial charge is 0.392 e. The lowest BCUT2D eigenvalue weighted by Gasteiger charge is -2.07. The number of aliphatic hydroxyl groups excluding tert-OH is 1. The summed E-state index contributed by atoms with van der Waals surface area (Å²) in [5.41, 5.74) is 0.957. The Morgan fingerprint density at radius 3 is 2.45 bits per heavy atom. The first-order chi connectivity index (χ1) is 10.4. The van der Waals surface area contributed by atoms with Crippen molar-refractivity contribution in [2.45, 2.75) is 11.5 Å². The second-order valence-corrected chi connectivity index (χ2v) is 7.46. The van der Waals surface area contributed by atoms with Crippen LogP contribution < -0.4 is 0 Å². The minimum Gasteiger partial charge on any atom is -0.392 e. The smallest absolute Gasteiger partial charge is 0.268 e. The third kappa shape index (κ3) is 2.45. The van der Waals surface area contributed by atoms with E-state index < -0.39 is 15.8 Å². The fourth-order valence-electron chi connectivity index (χ4n) is 2.28. The van der Waals surface area contributed by atoms with Crippen LogP contribution in [0.4, 0.5) is 4.39 Å². The number of rotatable bonds is 3. The number of aliphatic hydroxyl groups is 1. The highest BCUT2D eigenvalue weighted by molar-refractivity contribution is 9.10. The van der Waals surface area contributed by atoms with E-state index >= 15 is 0 Å². The molecule has 2 aromatic carbocycles. The van der Waals surface area contributed by atoms with E-state index in [1.54, 1.807) is 18.2 Å². The summed E-state index contributed by atoms with van der Waals surface area (Å²) in [6.45, 7) is -0.279. The molecule has 1 heterocycles. The molecule has 0 aliphatic carbocycles. The first-order valence-corrected chi connectivity index (χ1v) is 8.58. The van der Waals surface area contributed by atoms with Gasteiger partial charge in [0.25, 0.3) is 10.0 Å². The molecule has 3 rings (SSSR count). The lowest BCUT2D eigenvalue weighted by atomic mass is 10.2. The molecule has 0 aliphatic heterocycles. The van der Waals surface area contributed by atoms with Crippen LogP contribution in [-0.2, 0) is 16.6 Å². The van der Waals surface area contributed by atoms with Gasteiger partial charge in [-0.25, -0.2) is 16.8 Å². The monoisotopic (exact) mass is 383 g/mol. The van der Waals surface area contributed by atoms with Crippen molar-refractivity contribution in [3.8, 4) is 0 Å². The quantitative estimate of drug-likeness (QED) is 0.754. The Bertz CT molecular complexity index is 949. The van der Waals surface area contributed by atoms with Gasteiger partial charge in [0.05, 0.1) is 17.0 Å². The van der Waals surface area contributed by atoms with Crippen molar-refractivity contribution in [3.63, 3.8) is 0 Å². The highest BCUT2D eigenvalue weighted by Crippen LogP contribution is 2.28. The molecule has 0 spiro atoms. The van der Waals surface area contributed by atoms with E-state index in [-0.39, 0.29) is 11.5 Å². The molecule has 114 valence electrons. The molecule has 0 saturated carbocycles. The number of halogens is 2. The van der Waals surface area contributed by atoms with Crippen molar-refractivity contribution >= 4 is 36.9 Å². The van der Waals surface area contributed by atoms with Gasteiger partial charge in [-0.2, -0.15) is 0 Å². The van der Waals surface area contributed by atoms with E-state index in [0.29, 0.717) is 16.5 Å². The van der Waals surface area contributed by atoms with Crippen molar-refractivity contribution in [3.05, 3.63) is 64.5 Å². The van der Waals surface area contributed by atoms with E-state index in [2.05, 4.69) is 15.9 Å². The maximum atomic E-state index is 13.0. The number of aromatic nitrogens is 1. The van der Waals surface area contributed by atoms with Crippen LogP contribution >= 0.6 is 15.9 Å². The van der Waals surface area contributed by atoms with Crippen LogP contribution in [0.25, 0.3) is 10.9 Å². The average Bonchev–Trinajstić information content (AvgIpc) is 2.86. The van der Waals surface area contributed by atoms with E-state index in [1.165, 1.54) is 18.3 Å². The number of hydrogen-bond acceptors (Lipinski definition) is 3. The third-order valence-corrected chi connectivity index (χ3v) is 5.54. The normalized spacial score (nSPS) is 12.0. The summed E-state index contributed by atoms with van der Waals surface area (Å²) < 4.78 is 40.3. The molecule has 0 amide bonds. The van der Waals surface area contributed by atoms with Gasteiger partial charge in [0.2, 0.25) is 0 Å². The van der Waals surface area contributed by atoms with Crippen LogP contribution in [-0.4, -0.2) is 17.5 Å². The molecule has 4 nitrogen and oxygen atoms in total. The Hall–Kier alpha value is -1.70. The summed E-state index contributed by atoms with van der Waals surface area (Å²) in [6, 6.07) is 9.75. The molecule has 1 N–H and O–H groups in total. The molecule has 1 aromatic heterocycles. The number of benzene rings is 2. The van der Waals surface area contributed by atoms with Crippen LogP contribution in [0.15, 0.2) is 58.0 Å². The summed E-state index contributed by atoms with van der Waals surface area (Å²) in [5.74, 6) is -0.503. The van der Waals surface area contributed by atoms with E-state index in [1.807, 2.05) is 0 Å². The van der Waals surface area contributed by atoms with E-state index in [9.17, 15) is 17.9 Å². The lowest BCUT2D eigenvalue weighted by molar-refractivity contribution is 0.283. The standard InChI is InChI=1S/C15H11BrFNO3S/c16-11-1-6-15-14(7-11)10(9-19)8-18(15)22(20,21)13-4-2-12(17)3-5-13/h1-8,19H,9H2. The Balaban J connectivity index is 2.27. The predicted octanol–water partition coefficient (Wildman–Crippen LogP) is 3.27. The molecule has 0 aliphatic rings. The van der Waals surface area contributed by atoms with Gasteiger partial charge < -0.3 is 5.11 Å². The van der Waals surface area contributed by atoms with Crippen molar-refractivity contribution in [2.24, 2.45) is 0 Å². The topological polar surface area (TPSA) is 59.3 Å². The zero-order valence-corrected chi connectivity index (χ0v) is 13.6. The van der Waals surface area contributed by atoms with Gasteiger partial charge in [-0.05, 0) is 42.5 Å². The maximum Gasteiger partial charge on any atom is 0.268 e. The molecule has 0 saturated heterocycles. The summed E-state index contributed by atoms with van der Waals surface area (Å²) in [5, 5.41) is 10.1. The summed E-state index contributed by atoms with van der Waals surface area (Å²) in [4.78, 5) is -0.0155.